The van der Waals surface area contributed by atoms with E-state index in [-0.39, 0.29) is 22.0 Å². The van der Waals surface area contributed by atoms with E-state index in [1.807, 2.05) is 20.8 Å². The van der Waals surface area contributed by atoms with Crippen molar-refractivity contribution in [1.29, 1.82) is 0 Å². The number of halogens is 1. The van der Waals surface area contributed by atoms with Crippen LogP contribution in [0.5, 0.6) is 0 Å². The second-order valence-electron chi connectivity index (χ2n) is 4.39. The molecule has 1 heterocycles. The zero-order valence-corrected chi connectivity index (χ0v) is 11.4. The number of nitro groups is 1. The topological polar surface area (TPSA) is 61.0 Å². The number of hydrogen-bond acceptors (Lipinski definition) is 3. The van der Waals surface area contributed by atoms with E-state index in [2.05, 4.69) is 5.10 Å². The zero-order chi connectivity index (χ0) is 13.2. The van der Waals surface area contributed by atoms with Gasteiger partial charge in [-0.15, -0.1) is 11.6 Å². The summed E-state index contributed by atoms with van der Waals surface area (Å²) in [5.41, 5.74) is 1.20. The Labute approximate surface area is 106 Å². The molecule has 0 aliphatic carbocycles. The second-order valence-corrected chi connectivity index (χ2v) is 5.00. The standard InChI is InChI=1S/C11H18ClN3O2/c1-5-9(12)6-10-11(15(16)17)8(4)13-14(10)7(2)3/h7,9H,5-6H2,1-4H3. The molecule has 1 atom stereocenters. The minimum Gasteiger partial charge on any atom is -0.260 e. The van der Waals surface area contributed by atoms with Crippen LogP contribution in [0.25, 0.3) is 0 Å². The molecule has 0 aliphatic heterocycles. The molecule has 0 amide bonds. The number of aromatic nitrogens is 2. The predicted molar refractivity (Wildman–Crippen MR) is 67.6 cm³/mol. The molecular formula is C11H18ClN3O2. The number of hydrogen-bond donors (Lipinski definition) is 0. The third kappa shape index (κ3) is 2.97. The van der Waals surface area contributed by atoms with Gasteiger partial charge >= 0.3 is 5.69 Å². The molecule has 5 nitrogen and oxygen atoms in total. The van der Waals surface area contributed by atoms with Crippen LogP contribution < -0.4 is 0 Å². The molecule has 0 N–H and O–H groups in total. The summed E-state index contributed by atoms with van der Waals surface area (Å²) in [4.78, 5) is 10.7. The Kier molecular flexibility index (Phi) is 4.51. The highest BCUT2D eigenvalue weighted by Gasteiger charge is 2.27. The minimum absolute atomic E-state index is 0.0951. The molecule has 0 bridgehead atoms. The van der Waals surface area contributed by atoms with Gasteiger partial charge in [-0.3, -0.25) is 14.8 Å². The highest BCUT2D eigenvalue weighted by molar-refractivity contribution is 6.20. The molecular weight excluding hydrogens is 242 g/mol. The van der Waals surface area contributed by atoms with Crippen LogP contribution in [0.4, 0.5) is 5.69 Å². The van der Waals surface area contributed by atoms with Gasteiger partial charge in [0, 0.05) is 17.8 Å². The van der Waals surface area contributed by atoms with E-state index in [4.69, 9.17) is 11.6 Å². The van der Waals surface area contributed by atoms with Gasteiger partial charge in [0.15, 0.2) is 0 Å². The van der Waals surface area contributed by atoms with Gasteiger partial charge in [-0.25, -0.2) is 0 Å². The van der Waals surface area contributed by atoms with E-state index in [0.717, 1.165) is 6.42 Å². The molecule has 1 rings (SSSR count). The van der Waals surface area contributed by atoms with Crippen molar-refractivity contribution in [3.63, 3.8) is 0 Å². The van der Waals surface area contributed by atoms with E-state index >= 15 is 0 Å². The molecule has 96 valence electrons. The Hall–Kier alpha value is -1.10. The number of aryl methyl sites for hydroxylation is 1. The largest absolute Gasteiger partial charge is 0.313 e. The van der Waals surface area contributed by atoms with Crippen molar-refractivity contribution in [1.82, 2.24) is 9.78 Å². The maximum Gasteiger partial charge on any atom is 0.313 e. The first-order valence-corrected chi connectivity index (χ1v) is 6.18. The Morgan fingerprint density at radius 1 is 1.53 bits per heavy atom. The van der Waals surface area contributed by atoms with Crippen molar-refractivity contribution in [2.24, 2.45) is 0 Å². The smallest absolute Gasteiger partial charge is 0.260 e. The Morgan fingerprint density at radius 2 is 2.12 bits per heavy atom. The molecule has 1 aromatic rings. The van der Waals surface area contributed by atoms with Crippen LogP contribution in [-0.2, 0) is 6.42 Å². The fourth-order valence-electron chi connectivity index (χ4n) is 1.80. The Morgan fingerprint density at radius 3 is 2.53 bits per heavy atom. The zero-order valence-electron chi connectivity index (χ0n) is 10.6. The van der Waals surface area contributed by atoms with E-state index in [0.29, 0.717) is 17.8 Å². The van der Waals surface area contributed by atoms with Gasteiger partial charge in [-0.2, -0.15) is 5.10 Å². The lowest BCUT2D eigenvalue weighted by Crippen LogP contribution is -2.13. The number of nitrogens with zero attached hydrogens (tertiary/aromatic N) is 3. The molecule has 1 unspecified atom stereocenters. The molecule has 0 fully saturated rings. The van der Waals surface area contributed by atoms with Gasteiger partial charge in [-0.1, -0.05) is 6.92 Å². The second kappa shape index (κ2) is 5.49. The summed E-state index contributed by atoms with van der Waals surface area (Å²) < 4.78 is 1.71. The summed E-state index contributed by atoms with van der Waals surface area (Å²) in [7, 11) is 0. The number of rotatable bonds is 5. The first kappa shape index (κ1) is 14.0. The summed E-state index contributed by atoms with van der Waals surface area (Å²) in [5.74, 6) is 0. The lowest BCUT2D eigenvalue weighted by atomic mass is 10.1. The van der Waals surface area contributed by atoms with E-state index in [1.54, 1.807) is 11.6 Å². The van der Waals surface area contributed by atoms with Gasteiger partial charge in [0.25, 0.3) is 0 Å². The van der Waals surface area contributed by atoms with Crippen LogP contribution in [0, 0.1) is 17.0 Å². The van der Waals surface area contributed by atoms with E-state index in [9.17, 15) is 10.1 Å². The van der Waals surface area contributed by atoms with Crippen molar-refractivity contribution >= 4 is 17.3 Å². The minimum atomic E-state index is -0.365. The molecule has 0 aliphatic rings. The lowest BCUT2D eigenvalue weighted by Gasteiger charge is -2.12. The van der Waals surface area contributed by atoms with Gasteiger partial charge in [0.1, 0.15) is 11.4 Å². The van der Waals surface area contributed by atoms with Crippen LogP contribution >= 0.6 is 11.6 Å². The highest BCUT2D eigenvalue weighted by atomic mass is 35.5. The summed E-state index contributed by atoms with van der Waals surface area (Å²) in [5, 5.41) is 15.2. The molecule has 0 spiro atoms. The van der Waals surface area contributed by atoms with Gasteiger partial charge in [-0.05, 0) is 27.2 Å². The molecule has 0 saturated carbocycles. The van der Waals surface area contributed by atoms with Gasteiger partial charge in [0.2, 0.25) is 0 Å². The third-order valence-corrected chi connectivity index (χ3v) is 3.14. The van der Waals surface area contributed by atoms with Crippen molar-refractivity contribution in [3.8, 4) is 0 Å². The highest BCUT2D eigenvalue weighted by Crippen LogP contribution is 2.28. The first-order valence-electron chi connectivity index (χ1n) is 5.74. The summed E-state index contributed by atoms with van der Waals surface area (Å²) in [6.07, 6.45) is 1.26. The fraction of sp³-hybridized carbons (Fsp3) is 0.727. The van der Waals surface area contributed by atoms with Crippen molar-refractivity contribution < 1.29 is 4.92 Å². The first-order chi connectivity index (χ1) is 7.88. The van der Waals surface area contributed by atoms with Crippen LogP contribution in [-0.4, -0.2) is 20.1 Å². The summed E-state index contributed by atoms with van der Waals surface area (Å²) in [6.45, 7) is 7.53. The lowest BCUT2D eigenvalue weighted by molar-refractivity contribution is -0.386. The maximum absolute atomic E-state index is 11.1. The Balaban J connectivity index is 3.25. The molecule has 6 heteroatoms. The van der Waals surface area contributed by atoms with Crippen LogP contribution in [0.1, 0.15) is 44.6 Å². The van der Waals surface area contributed by atoms with Crippen molar-refractivity contribution in [2.45, 2.75) is 52.0 Å². The monoisotopic (exact) mass is 259 g/mol. The quantitative estimate of drug-likeness (QED) is 0.463. The average Bonchev–Trinajstić information content (AvgIpc) is 2.55. The van der Waals surface area contributed by atoms with Crippen molar-refractivity contribution in [2.75, 3.05) is 0 Å². The predicted octanol–water partition coefficient (Wildman–Crippen LogP) is 3.24. The average molecular weight is 260 g/mol. The molecule has 0 saturated heterocycles. The van der Waals surface area contributed by atoms with Crippen LogP contribution in [0.3, 0.4) is 0 Å². The third-order valence-electron chi connectivity index (χ3n) is 2.68. The van der Waals surface area contributed by atoms with E-state index in [1.165, 1.54) is 0 Å². The normalized spacial score (nSPS) is 13.1. The molecule has 17 heavy (non-hydrogen) atoms. The molecule has 0 aromatic carbocycles. The molecule has 1 aromatic heterocycles. The fourth-order valence-corrected chi connectivity index (χ4v) is 1.94. The van der Waals surface area contributed by atoms with Crippen molar-refractivity contribution in [3.05, 3.63) is 21.5 Å². The van der Waals surface area contributed by atoms with E-state index < -0.39 is 0 Å². The Bertz CT molecular complexity index is 415. The summed E-state index contributed by atoms with van der Waals surface area (Å²) in [6, 6.07) is 0.0955. The maximum atomic E-state index is 11.1. The van der Waals surface area contributed by atoms with Gasteiger partial charge in [0.05, 0.1) is 4.92 Å². The summed E-state index contributed by atoms with van der Waals surface area (Å²) >= 11 is 6.10. The van der Waals surface area contributed by atoms with Gasteiger partial charge < -0.3 is 0 Å². The SMILES string of the molecule is CCC(Cl)Cc1c([N+](=O)[O-])c(C)nn1C(C)C. The van der Waals surface area contributed by atoms with Crippen LogP contribution in [0.15, 0.2) is 0 Å². The number of alkyl halides is 1. The van der Waals surface area contributed by atoms with Crippen LogP contribution in [0.2, 0.25) is 0 Å². The molecule has 0 radical (unpaired) electrons.